The fraction of sp³-hybridized carbons (Fsp3) is 0.565. The Morgan fingerprint density at radius 1 is 1.04 bits per heavy atom. The topological polar surface area (TPSA) is 6.48 Å². The third kappa shape index (κ3) is 3.61. The van der Waals surface area contributed by atoms with Gasteiger partial charge in [0.1, 0.15) is 0 Å². The molecule has 1 saturated carbocycles. The molecule has 4 aliphatic rings. The lowest BCUT2D eigenvalue weighted by Crippen LogP contribution is -2.52. The van der Waals surface area contributed by atoms with Crippen LogP contribution in [0.4, 0.5) is 0 Å². The number of hydrogen-bond donors (Lipinski definition) is 0. The Bertz CT molecular complexity index is 635. The highest BCUT2D eigenvalue weighted by Crippen LogP contribution is 2.59. The molecule has 134 valence electrons. The van der Waals surface area contributed by atoms with E-state index >= 15 is 0 Å². The predicted octanol–water partition coefficient (Wildman–Crippen LogP) is 4.31. The zero-order valence-electron chi connectivity index (χ0n) is 15.8. The maximum atomic E-state index is 2.68. The average Bonchev–Trinajstić information content (AvgIpc) is 2.64. The monoisotopic (exact) mass is 336 g/mol. The zero-order valence-corrected chi connectivity index (χ0v) is 15.8. The smallest absolute Gasteiger partial charge is 0.0196 e. The van der Waals surface area contributed by atoms with Gasteiger partial charge in [0.25, 0.3) is 0 Å². The zero-order chi connectivity index (χ0) is 17.3. The molecule has 3 aliphatic carbocycles. The fourth-order valence-electron chi connectivity index (χ4n) is 4.95. The van der Waals surface area contributed by atoms with E-state index in [1.165, 1.54) is 51.1 Å². The van der Waals surface area contributed by atoms with Crippen molar-refractivity contribution in [3.8, 4) is 0 Å². The summed E-state index contributed by atoms with van der Waals surface area (Å²) in [4.78, 5) is 5.26. The number of benzene rings is 1. The van der Waals surface area contributed by atoms with Crippen molar-refractivity contribution in [1.29, 1.82) is 0 Å². The molecule has 25 heavy (non-hydrogen) atoms. The van der Waals surface area contributed by atoms with Crippen LogP contribution in [0.2, 0.25) is 0 Å². The second kappa shape index (κ2) is 7.09. The Balaban J connectivity index is 1.22. The third-order valence-electron chi connectivity index (χ3n) is 6.93. The van der Waals surface area contributed by atoms with Gasteiger partial charge in [-0.15, -0.1) is 0 Å². The number of nitrogens with zero attached hydrogens (tertiary/aromatic N) is 2. The summed E-state index contributed by atoms with van der Waals surface area (Å²) in [5, 5.41) is 0. The molecule has 0 spiro atoms. The number of allylic oxidation sites excluding steroid dienone is 1. The van der Waals surface area contributed by atoms with Crippen LogP contribution in [0.15, 0.2) is 48.1 Å². The van der Waals surface area contributed by atoms with Gasteiger partial charge in [0, 0.05) is 39.3 Å². The molecule has 5 rings (SSSR count). The Labute approximate surface area is 153 Å². The van der Waals surface area contributed by atoms with Crippen LogP contribution in [0.3, 0.4) is 0 Å². The van der Waals surface area contributed by atoms with Crippen molar-refractivity contribution in [2.75, 3.05) is 39.3 Å². The van der Waals surface area contributed by atoms with Crippen LogP contribution >= 0.6 is 0 Å². The van der Waals surface area contributed by atoms with Crippen LogP contribution in [0, 0.1) is 17.3 Å². The molecule has 1 aromatic rings. The van der Waals surface area contributed by atoms with Gasteiger partial charge in [-0.25, -0.2) is 0 Å². The SMILES string of the molecule is CC1(C)C2CC=C(CN3CCN(C/C=C/c4ccccc4)CC3)C1C2. The molecule has 0 N–H and O–H groups in total. The first-order valence-electron chi connectivity index (χ1n) is 9.98. The Hall–Kier alpha value is -1.38. The first kappa shape index (κ1) is 17.1. The van der Waals surface area contributed by atoms with E-state index in [4.69, 9.17) is 0 Å². The normalized spacial score (nSPS) is 29.4. The van der Waals surface area contributed by atoms with Gasteiger partial charge in [-0.3, -0.25) is 9.80 Å². The molecule has 2 heteroatoms. The molecule has 2 atom stereocenters. The van der Waals surface area contributed by atoms with Gasteiger partial charge >= 0.3 is 0 Å². The van der Waals surface area contributed by atoms with Gasteiger partial charge in [0.05, 0.1) is 0 Å². The van der Waals surface area contributed by atoms with Crippen LogP contribution in [0.25, 0.3) is 6.08 Å². The molecular formula is C23H32N2. The van der Waals surface area contributed by atoms with Crippen molar-refractivity contribution in [2.24, 2.45) is 17.3 Å². The highest BCUT2D eigenvalue weighted by Gasteiger charge is 2.51. The summed E-state index contributed by atoms with van der Waals surface area (Å²) in [7, 11) is 0. The lowest BCUT2D eigenvalue weighted by molar-refractivity contribution is -0.0119. The maximum Gasteiger partial charge on any atom is 0.0196 e. The average molecular weight is 337 g/mol. The molecule has 1 aliphatic heterocycles. The number of hydrogen-bond acceptors (Lipinski definition) is 2. The summed E-state index contributed by atoms with van der Waals surface area (Å²) in [6.07, 6.45) is 9.89. The van der Waals surface area contributed by atoms with E-state index < -0.39 is 0 Å². The van der Waals surface area contributed by atoms with Crippen LogP contribution in [-0.4, -0.2) is 49.1 Å². The van der Waals surface area contributed by atoms with E-state index in [0.29, 0.717) is 5.41 Å². The van der Waals surface area contributed by atoms with Gasteiger partial charge in [-0.2, -0.15) is 0 Å². The van der Waals surface area contributed by atoms with Crippen LogP contribution in [-0.2, 0) is 0 Å². The Kier molecular flexibility index (Phi) is 4.84. The molecular weight excluding hydrogens is 304 g/mol. The number of rotatable bonds is 5. The minimum Gasteiger partial charge on any atom is -0.297 e. The summed E-state index contributed by atoms with van der Waals surface area (Å²) in [6, 6.07) is 10.6. The fourth-order valence-corrected chi connectivity index (χ4v) is 4.95. The number of piperazine rings is 1. The summed E-state index contributed by atoms with van der Waals surface area (Å²) in [5.41, 5.74) is 3.60. The Morgan fingerprint density at radius 2 is 1.76 bits per heavy atom. The van der Waals surface area contributed by atoms with Gasteiger partial charge < -0.3 is 0 Å². The quantitative estimate of drug-likeness (QED) is 0.739. The van der Waals surface area contributed by atoms with Crippen molar-refractivity contribution in [1.82, 2.24) is 9.80 Å². The first-order chi connectivity index (χ1) is 12.1. The highest BCUT2D eigenvalue weighted by molar-refractivity contribution is 5.48. The van der Waals surface area contributed by atoms with Crippen molar-refractivity contribution in [3.05, 3.63) is 53.6 Å². The Morgan fingerprint density at radius 3 is 2.44 bits per heavy atom. The minimum absolute atomic E-state index is 0.564. The summed E-state index contributed by atoms with van der Waals surface area (Å²) in [5.74, 6) is 1.81. The third-order valence-corrected chi connectivity index (χ3v) is 6.93. The largest absolute Gasteiger partial charge is 0.297 e. The maximum absolute atomic E-state index is 2.68. The molecule has 1 saturated heterocycles. The van der Waals surface area contributed by atoms with Crippen molar-refractivity contribution in [3.63, 3.8) is 0 Å². The molecule has 2 bridgehead atoms. The van der Waals surface area contributed by atoms with E-state index in [1.807, 2.05) is 0 Å². The molecule has 0 radical (unpaired) electrons. The molecule has 1 heterocycles. The van der Waals surface area contributed by atoms with E-state index in [9.17, 15) is 0 Å². The van der Waals surface area contributed by atoms with Crippen molar-refractivity contribution in [2.45, 2.75) is 26.7 Å². The second-order valence-electron chi connectivity index (χ2n) is 8.71. The van der Waals surface area contributed by atoms with E-state index in [1.54, 1.807) is 5.57 Å². The lowest BCUT2D eigenvalue weighted by atomic mass is 9.49. The molecule has 2 fully saturated rings. The van der Waals surface area contributed by atoms with Crippen LogP contribution in [0.1, 0.15) is 32.3 Å². The minimum atomic E-state index is 0.564. The summed E-state index contributed by atoms with van der Waals surface area (Å²) >= 11 is 0. The standard InChI is InChI=1S/C23H32N2/c1-23(2)21-11-10-20(22(23)17-21)18-25-15-13-24(14-16-25)12-6-9-19-7-4-3-5-8-19/h3-10,21-22H,11-18H2,1-2H3/b9-6+. The van der Waals surface area contributed by atoms with E-state index in [2.05, 4.69) is 72.2 Å². The second-order valence-corrected chi connectivity index (χ2v) is 8.71. The molecule has 1 aromatic carbocycles. The van der Waals surface area contributed by atoms with Crippen LogP contribution < -0.4 is 0 Å². The van der Waals surface area contributed by atoms with Crippen LogP contribution in [0.5, 0.6) is 0 Å². The van der Waals surface area contributed by atoms with E-state index in [0.717, 1.165) is 18.4 Å². The number of fused-ring (bicyclic) bond motifs is 1. The molecule has 0 aromatic heterocycles. The van der Waals surface area contributed by atoms with Gasteiger partial charge in [0.2, 0.25) is 0 Å². The van der Waals surface area contributed by atoms with Gasteiger partial charge in [-0.1, -0.05) is 68.0 Å². The summed E-state index contributed by atoms with van der Waals surface area (Å²) < 4.78 is 0. The highest BCUT2D eigenvalue weighted by atomic mass is 15.3. The van der Waals surface area contributed by atoms with Gasteiger partial charge in [-0.05, 0) is 35.7 Å². The molecule has 0 amide bonds. The summed E-state index contributed by atoms with van der Waals surface area (Å²) in [6.45, 7) is 12.1. The predicted molar refractivity (Wildman–Crippen MR) is 106 cm³/mol. The molecule has 2 nitrogen and oxygen atoms in total. The van der Waals surface area contributed by atoms with E-state index in [-0.39, 0.29) is 0 Å². The lowest BCUT2D eigenvalue weighted by Gasteiger charge is -2.57. The molecule has 2 unspecified atom stereocenters. The van der Waals surface area contributed by atoms with Gasteiger partial charge in [0.15, 0.2) is 0 Å². The first-order valence-corrected chi connectivity index (χ1v) is 9.98. The van der Waals surface area contributed by atoms with Crippen molar-refractivity contribution >= 4 is 6.08 Å². The van der Waals surface area contributed by atoms with Crippen molar-refractivity contribution < 1.29 is 0 Å².